The van der Waals surface area contributed by atoms with Crippen molar-refractivity contribution in [2.75, 3.05) is 13.1 Å². The molecule has 120 valence electrons. The average Bonchev–Trinajstić information content (AvgIpc) is 2.86. The molecule has 24 heavy (non-hydrogen) atoms. The highest BCUT2D eigenvalue weighted by atomic mass is 35.5. The van der Waals surface area contributed by atoms with Gasteiger partial charge in [-0.25, -0.2) is 0 Å². The predicted molar refractivity (Wildman–Crippen MR) is 95.2 cm³/mol. The number of piperidine rings is 1. The minimum absolute atomic E-state index is 0.183. The summed E-state index contributed by atoms with van der Waals surface area (Å²) < 4.78 is 2.14. The number of nitrogens with one attached hydrogen (secondary N) is 1. The fraction of sp³-hybridized carbons (Fsp3) is 0.263. The molecule has 3 aromatic rings. The third kappa shape index (κ3) is 1.67. The smallest absolute Gasteiger partial charge is 0.282 e. The van der Waals surface area contributed by atoms with E-state index < -0.39 is 0 Å². The van der Waals surface area contributed by atoms with Gasteiger partial charge in [0.2, 0.25) is 0 Å². The molecule has 0 saturated carbocycles. The van der Waals surface area contributed by atoms with Crippen molar-refractivity contribution in [2.45, 2.75) is 18.3 Å². The van der Waals surface area contributed by atoms with E-state index in [-0.39, 0.29) is 11.0 Å². The summed E-state index contributed by atoms with van der Waals surface area (Å²) in [6.07, 6.45) is 1.89. The molecule has 2 aromatic carbocycles. The maximum Gasteiger partial charge on any atom is 0.282 e. The molecule has 2 aliphatic rings. The third-order valence-corrected chi connectivity index (χ3v) is 5.73. The van der Waals surface area contributed by atoms with Crippen LogP contribution in [0.25, 0.3) is 16.6 Å². The molecule has 0 radical (unpaired) electrons. The second-order valence-electron chi connectivity index (χ2n) is 6.56. The molecule has 0 amide bonds. The van der Waals surface area contributed by atoms with Gasteiger partial charge in [0.05, 0.1) is 27.0 Å². The SMILES string of the molecule is O=c1nc2n(c3cccc(Cl)c13)-c1ccccc1C21CCNCC1. The highest BCUT2D eigenvalue weighted by molar-refractivity contribution is 6.35. The molecule has 5 heteroatoms. The van der Waals surface area contributed by atoms with Crippen LogP contribution in [0.15, 0.2) is 47.3 Å². The quantitative estimate of drug-likeness (QED) is 0.686. The van der Waals surface area contributed by atoms with Gasteiger partial charge in [-0.3, -0.25) is 9.36 Å². The molecule has 0 bridgehead atoms. The first-order valence-corrected chi connectivity index (χ1v) is 8.62. The lowest BCUT2D eigenvalue weighted by Gasteiger charge is -2.34. The van der Waals surface area contributed by atoms with Crippen LogP contribution in [0.4, 0.5) is 0 Å². The number of aromatic nitrogens is 2. The van der Waals surface area contributed by atoms with E-state index in [9.17, 15) is 4.79 Å². The van der Waals surface area contributed by atoms with Crippen LogP contribution in [-0.4, -0.2) is 22.6 Å². The second-order valence-corrected chi connectivity index (χ2v) is 6.97. The maximum atomic E-state index is 12.7. The topological polar surface area (TPSA) is 46.9 Å². The van der Waals surface area contributed by atoms with E-state index in [4.69, 9.17) is 11.6 Å². The van der Waals surface area contributed by atoms with Crippen LogP contribution in [0.2, 0.25) is 5.02 Å². The van der Waals surface area contributed by atoms with Gasteiger partial charge >= 0.3 is 0 Å². The molecular weight excluding hydrogens is 322 g/mol. The largest absolute Gasteiger partial charge is 0.317 e. The minimum atomic E-state index is -0.229. The average molecular weight is 338 g/mol. The Hall–Kier alpha value is -2.17. The van der Waals surface area contributed by atoms with Crippen molar-refractivity contribution in [3.63, 3.8) is 0 Å². The molecule has 1 N–H and O–H groups in total. The number of halogens is 1. The van der Waals surface area contributed by atoms with Crippen molar-refractivity contribution in [3.05, 3.63) is 69.2 Å². The summed E-state index contributed by atoms with van der Waals surface area (Å²) in [7, 11) is 0. The van der Waals surface area contributed by atoms with E-state index in [1.165, 1.54) is 5.56 Å². The van der Waals surface area contributed by atoms with Gasteiger partial charge in [-0.2, -0.15) is 4.98 Å². The van der Waals surface area contributed by atoms with E-state index in [1.807, 2.05) is 18.2 Å². The monoisotopic (exact) mass is 337 g/mol. The minimum Gasteiger partial charge on any atom is -0.317 e. The molecular formula is C19H16ClN3O. The Labute approximate surface area is 144 Å². The fourth-order valence-electron chi connectivity index (χ4n) is 4.33. The number of fused-ring (bicyclic) bond motifs is 7. The summed E-state index contributed by atoms with van der Waals surface area (Å²) in [6.45, 7) is 1.86. The number of benzene rings is 2. The van der Waals surface area contributed by atoms with E-state index >= 15 is 0 Å². The van der Waals surface area contributed by atoms with Gasteiger partial charge in [-0.15, -0.1) is 0 Å². The van der Waals surface area contributed by atoms with E-state index in [0.717, 1.165) is 43.0 Å². The van der Waals surface area contributed by atoms with Crippen LogP contribution in [0.1, 0.15) is 24.2 Å². The Balaban J connectivity index is 1.97. The Morgan fingerprint density at radius 2 is 1.88 bits per heavy atom. The summed E-state index contributed by atoms with van der Waals surface area (Å²) in [5.74, 6) is 0.866. The molecule has 2 aliphatic heterocycles. The van der Waals surface area contributed by atoms with Crippen LogP contribution in [-0.2, 0) is 5.41 Å². The molecule has 0 atom stereocenters. The van der Waals surface area contributed by atoms with Crippen LogP contribution < -0.4 is 10.9 Å². The first-order chi connectivity index (χ1) is 11.7. The van der Waals surface area contributed by atoms with Gasteiger partial charge in [0, 0.05) is 0 Å². The zero-order valence-electron chi connectivity index (χ0n) is 13.1. The number of rotatable bonds is 0. The van der Waals surface area contributed by atoms with Crippen LogP contribution in [0.5, 0.6) is 0 Å². The molecule has 1 saturated heterocycles. The summed E-state index contributed by atoms with van der Waals surface area (Å²) in [6, 6.07) is 14.0. The highest BCUT2D eigenvalue weighted by Crippen LogP contribution is 2.48. The van der Waals surface area contributed by atoms with Crippen molar-refractivity contribution in [2.24, 2.45) is 0 Å². The first-order valence-electron chi connectivity index (χ1n) is 8.25. The molecule has 1 aromatic heterocycles. The Kier molecular flexibility index (Phi) is 2.91. The number of para-hydroxylation sites is 1. The third-order valence-electron chi connectivity index (χ3n) is 5.41. The molecule has 4 nitrogen and oxygen atoms in total. The molecule has 5 rings (SSSR count). The molecule has 0 unspecified atom stereocenters. The van der Waals surface area contributed by atoms with Gasteiger partial charge in [-0.1, -0.05) is 35.9 Å². The number of nitrogens with zero attached hydrogens (tertiary/aromatic N) is 2. The van der Waals surface area contributed by atoms with Gasteiger partial charge in [0.1, 0.15) is 5.82 Å². The van der Waals surface area contributed by atoms with Crippen LogP contribution in [0, 0.1) is 0 Å². The standard InChI is InChI=1S/C19H16ClN3O/c20-13-5-3-7-15-16(13)17(24)22-18-19(8-10-21-11-9-19)12-4-1-2-6-14(12)23(15)18/h1-7,21H,8-11H2. The summed E-state index contributed by atoms with van der Waals surface area (Å²) >= 11 is 6.31. The van der Waals surface area contributed by atoms with Crippen molar-refractivity contribution < 1.29 is 0 Å². The normalized spacial score (nSPS) is 17.9. The molecule has 0 aliphatic carbocycles. The zero-order valence-corrected chi connectivity index (χ0v) is 13.8. The zero-order chi connectivity index (χ0) is 16.3. The van der Waals surface area contributed by atoms with Crippen molar-refractivity contribution in [1.29, 1.82) is 0 Å². The Morgan fingerprint density at radius 3 is 2.71 bits per heavy atom. The van der Waals surface area contributed by atoms with E-state index in [1.54, 1.807) is 6.07 Å². The molecule has 1 spiro atoms. The summed E-state index contributed by atoms with van der Waals surface area (Å²) in [5.41, 5.74) is 2.82. The van der Waals surface area contributed by atoms with E-state index in [2.05, 4.69) is 33.1 Å². The number of hydrogen-bond donors (Lipinski definition) is 1. The van der Waals surface area contributed by atoms with Gasteiger partial charge in [0.25, 0.3) is 5.56 Å². The van der Waals surface area contributed by atoms with Crippen molar-refractivity contribution in [3.8, 4) is 5.69 Å². The second kappa shape index (κ2) is 4.91. The Morgan fingerprint density at radius 1 is 1.08 bits per heavy atom. The van der Waals surface area contributed by atoms with Crippen molar-refractivity contribution >= 4 is 22.5 Å². The lowest BCUT2D eigenvalue weighted by atomic mass is 9.74. The lowest BCUT2D eigenvalue weighted by Crippen LogP contribution is -2.41. The van der Waals surface area contributed by atoms with Crippen LogP contribution >= 0.6 is 11.6 Å². The highest BCUT2D eigenvalue weighted by Gasteiger charge is 2.46. The summed E-state index contributed by atoms with van der Waals surface area (Å²) in [4.78, 5) is 17.2. The maximum absolute atomic E-state index is 12.7. The van der Waals surface area contributed by atoms with Crippen LogP contribution in [0.3, 0.4) is 0 Å². The Bertz CT molecular complexity index is 1030. The molecule has 1 fully saturated rings. The van der Waals surface area contributed by atoms with Crippen molar-refractivity contribution in [1.82, 2.24) is 14.9 Å². The van der Waals surface area contributed by atoms with Gasteiger partial charge in [-0.05, 0) is 49.7 Å². The van der Waals surface area contributed by atoms with Gasteiger partial charge < -0.3 is 5.32 Å². The lowest BCUT2D eigenvalue weighted by molar-refractivity contribution is 0.354. The predicted octanol–water partition coefficient (Wildman–Crippen LogP) is 3.02. The van der Waals surface area contributed by atoms with Gasteiger partial charge in [0.15, 0.2) is 0 Å². The number of hydrogen-bond acceptors (Lipinski definition) is 3. The fourth-order valence-corrected chi connectivity index (χ4v) is 4.58. The first kappa shape index (κ1) is 14.2. The van der Waals surface area contributed by atoms with E-state index in [0.29, 0.717) is 10.4 Å². The molecule has 3 heterocycles. The summed E-state index contributed by atoms with van der Waals surface area (Å²) in [5, 5.41) is 4.39.